The first-order chi connectivity index (χ1) is 10.1. The van der Waals surface area contributed by atoms with E-state index in [1.807, 2.05) is 15.7 Å². The Morgan fingerprint density at radius 3 is 2.87 bits per heavy atom. The van der Waals surface area contributed by atoms with E-state index in [-0.39, 0.29) is 36.8 Å². The molecular formula is C14H18BrCl2N3OS2. The number of thiophene rings is 1. The third-order valence-corrected chi connectivity index (χ3v) is 6.24. The summed E-state index contributed by atoms with van der Waals surface area (Å²) in [5, 5.41) is 8.33. The number of rotatable bonds is 3. The molecule has 0 unspecified atom stereocenters. The number of thiazole rings is 1. The van der Waals surface area contributed by atoms with Crippen molar-refractivity contribution in [2.45, 2.75) is 19.4 Å². The van der Waals surface area contributed by atoms with Crippen LogP contribution in [0.1, 0.15) is 12.6 Å². The van der Waals surface area contributed by atoms with E-state index in [1.54, 1.807) is 22.7 Å². The maximum atomic E-state index is 12.4. The molecule has 4 nitrogen and oxygen atoms in total. The van der Waals surface area contributed by atoms with Gasteiger partial charge in [-0.2, -0.15) is 0 Å². The summed E-state index contributed by atoms with van der Waals surface area (Å²) in [5.41, 5.74) is 0.871. The van der Waals surface area contributed by atoms with E-state index in [4.69, 9.17) is 0 Å². The second-order valence-electron chi connectivity index (χ2n) is 5.09. The van der Waals surface area contributed by atoms with Crippen LogP contribution in [0.4, 0.5) is 0 Å². The predicted molar refractivity (Wildman–Crippen MR) is 105 cm³/mol. The number of amides is 1. The zero-order chi connectivity index (χ0) is 14.8. The summed E-state index contributed by atoms with van der Waals surface area (Å²) in [6, 6.07) is 2.32. The van der Waals surface area contributed by atoms with Crippen molar-refractivity contribution in [3.8, 4) is 9.88 Å². The highest BCUT2D eigenvalue weighted by atomic mass is 79.9. The van der Waals surface area contributed by atoms with E-state index in [1.165, 1.54) is 0 Å². The van der Waals surface area contributed by atoms with Crippen LogP contribution in [0.3, 0.4) is 0 Å². The van der Waals surface area contributed by atoms with Gasteiger partial charge in [-0.3, -0.25) is 4.79 Å². The zero-order valence-corrected chi connectivity index (χ0v) is 17.3. The minimum atomic E-state index is 0. The van der Waals surface area contributed by atoms with Gasteiger partial charge in [-0.1, -0.05) is 0 Å². The first-order valence-electron chi connectivity index (χ1n) is 6.82. The van der Waals surface area contributed by atoms with Crippen molar-refractivity contribution in [1.82, 2.24) is 15.2 Å². The topological polar surface area (TPSA) is 45.2 Å². The van der Waals surface area contributed by atoms with Gasteiger partial charge in [0.1, 0.15) is 5.01 Å². The predicted octanol–water partition coefficient (Wildman–Crippen LogP) is 3.84. The van der Waals surface area contributed by atoms with Gasteiger partial charge in [0.15, 0.2) is 0 Å². The highest BCUT2D eigenvalue weighted by molar-refractivity contribution is 9.10. The second kappa shape index (κ2) is 9.34. The molecule has 1 N–H and O–H groups in total. The number of carbonyl (C=O) groups excluding carboxylic acids is 1. The van der Waals surface area contributed by atoms with Gasteiger partial charge in [-0.05, 0) is 28.9 Å². The lowest BCUT2D eigenvalue weighted by molar-refractivity contribution is -0.133. The molecule has 23 heavy (non-hydrogen) atoms. The lowest BCUT2D eigenvalue weighted by atomic mass is 10.2. The Bertz CT molecular complexity index is 650. The van der Waals surface area contributed by atoms with Gasteiger partial charge in [-0.25, -0.2) is 4.98 Å². The molecule has 0 spiro atoms. The van der Waals surface area contributed by atoms with E-state index >= 15 is 0 Å². The van der Waals surface area contributed by atoms with Crippen molar-refractivity contribution in [3.63, 3.8) is 0 Å². The Kier molecular flexibility index (Phi) is 8.47. The van der Waals surface area contributed by atoms with Crippen molar-refractivity contribution >= 4 is 69.3 Å². The highest BCUT2D eigenvalue weighted by Gasteiger charge is 2.23. The molecule has 0 bridgehead atoms. The van der Waals surface area contributed by atoms with Gasteiger partial charge in [-0.15, -0.1) is 47.5 Å². The second-order valence-corrected chi connectivity index (χ2v) is 7.78. The normalized spacial score (nSPS) is 17.3. The molecule has 1 amide bonds. The SMILES string of the molecule is C[C@H]1CNCCN1C(=O)Cc1csc(-c2cc(Br)cs2)n1.Cl.Cl. The quantitative estimate of drug-likeness (QED) is 0.759. The zero-order valence-electron chi connectivity index (χ0n) is 12.5. The van der Waals surface area contributed by atoms with Gasteiger partial charge >= 0.3 is 0 Å². The maximum absolute atomic E-state index is 12.4. The summed E-state index contributed by atoms with van der Waals surface area (Å²) in [4.78, 5) is 20.1. The van der Waals surface area contributed by atoms with Crippen LogP contribution < -0.4 is 5.32 Å². The largest absolute Gasteiger partial charge is 0.337 e. The molecule has 1 fully saturated rings. The van der Waals surface area contributed by atoms with Crippen LogP contribution in [-0.4, -0.2) is 41.5 Å². The van der Waals surface area contributed by atoms with Gasteiger partial charge in [0.25, 0.3) is 0 Å². The smallest absolute Gasteiger partial charge is 0.228 e. The lowest BCUT2D eigenvalue weighted by Gasteiger charge is -2.33. The molecule has 0 aromatic carbocycles. The van der Waals surface area contributed by atoms with Crippen LogP contribution in [0.2, 0.25) is 0 Å². The number of nitrogens with one attached hydrogen (secondary N) is 1. The number of aromatic nitrogens is 1. The summed E-state index contributed by atoms with van der Waals surface area (Å²) in [6.45, 7) is 4.62. The van der Waals surface area contributed by atoms with Crippen molar-refractivity contribution in [3.05, 3.63) is 27.0 Å². The third kappa shape index (κ3) is 5.14. The Balaban J connectivity index is 0.00000132. The summed E-state index contributed by atoms with van der Waals surface area (Å²) >= 11 is 6.72. The van der Waals surface area contributed by atoms with E-state index in [9.17, 15) is 4.79 Å². The Labute approximate surface area is 164 Å². The van der Waals surface area contributed by atoms with Crippen LogP contribution in [0.5, 0.6) is 0 Å². The van der Waals surface area contributed by atoms with Gasteiger partial charge < -0.3 is 10.2 Å². The molecule has 0 radical (unpaired) electrons. The highest BCUT2D eigenvalue weighted by Crippen LogP contribution is 2.32. The molecular weight excluding hydrogens is 441 g/mol. The molecule has 3 heterocycles. The fraction of sp³-hybridized carbons (Fsp3) is 0.429. The first kappa shape index (κ1) is 20.9. The first-order valence-corrected chi connectivity index (χ1v) is 9.37. The molecule has 0 aliphatic carbocycles. The number of nitrogens with zero attached hydrogens (tertiary/aromatic N) is 2. The molecule has 2 aromatic heterocycles. The number of carbonyl (C=O) groups is 1. The van der Waals surface area contributed by atoms with Crippen molar-refractivity contribution in [2.75, 3.05) is 19.6 Å². The minimum absolute atomic E-state index is 0. The number of piperazine rings is 1. The summed E-state index contributed by atoms with van der Waals surface area (Å²) in [6.07, 6.45) is 0.396. The van der Waals surface area contributed by atoms with E-state index in [2.05, 4.69) is 39.2 Å². The fourth-order valence-corrected chi connectivity index (χ4v) is 4.72. The monoisotopic (exact) mass is 457 g/mol. The van der Waals surface area contributed by atoms with Gasteiger partial charge in [0, 0.05) is 40.9 Å². The number of hydrogen-bond acceptors (Lipinski definition) is 5. The van der Waals surface area contributed by atoms with E-state index in [0.29, 0.717) is 6.42 Å². The minimum Gasteiger partial charge on any atom is -0.337 e. The van der Waals surface area contributed by atoms with Crippen LogP contribution in [-0.2, 0) is 11.2 Å². The van der Waals surface area contributed by atoms with Crippen LogP contribution >= 0.6 is 63.4 Å². The summed E-state index contributed by atoms with van der Waals surface area (Å²) in [5.74, 6) is 0.174. The van der Waals surface area contributed by atoms with Crippen molar-refractivity contribution < 1.29 is 4.79 Å². The Morgan fingerprint density at radius 2 is 2.22 bits per heavy atom. The average Bonchev–Trinajstić information content (AvgIpc) is 3.08. The molecule has 1 saturated heterocycles. The molecule has 128 valence electrons. The van der Waals surface area contributed by atoms with E-state index < -0.39 is 0 Å². The molecule has 1 aliphatic heterocycles. The van der Waals surface area contributed by atoms with Crippen molar-refractivity contribution in [2.24, 2.45) is 0 Å². The molecule has 1 atom stereocenters. The van der Waals surface area contributed by atoms with Crippen molar-refractivity contribution in [1.29, 1.82) is 0 Å². The number of halogens is 3. The lowest BCUT2D eigenvalue weighted by Crippen LogP contribution is -2.52. The molecule has 3 rings (SSSR count). The Morgan fingerprint density at radius 1 is 1.43 bits per heavy atom. The maximum Gasteiger partial charge on any atom is 0.228 e. The van der Waals surface area contributed by atoms with Gasteiger partial charge in [0.2, 0.25) is 5.91 Å². The van der Waals surface area contributed by atoms with Gasteiger partial charge in [0.05, 0.1) is 17.0 Å². The Hall–Kier alpha value is -0.180. The summed E-state index contributed by atoms with van der Waals surface area (Å²) < 4.78 is 1.07. The molecule has 9 heteroatoms. The summed E-state index contributed by atoms with van der Waals surface area (Å²) in [7, 11) is 0. The number of hydrogen-bond donors (Lipinski definition) is 1. The molecule has 2 aromatic rings. The standard InChI is InChI=1S/C14H16BrN3OS2.2ClH/c1-9-6-16-2-3-18(9)13(19)5-11-8-21-14(17-11)12-4-10(15)7-20-12;;/h4,7-9,16H,2-3,5-6H2,1H3;2*1H/t9-;;/m0../s1. The third-order valence-electron chi connectivity index (χ3n) is 3.48. The average molecular weight is 459 g/mol. The molecule has 1 aliphatic rings. The molecule has 0 saturated carbocycles. The van der Waals surface area contributed by atoms with Crippen LogP contribution in [0, 0.1) is 0 Å². The van der Waals surface area contributed by atoms with Crippen LogP contribution in [0.15, 0.2) is 21.3 Å². The van der Waals surface area contributed by atoms with Crippen LogP contribution in [0.25, 0.3) is 9.88 Å². The van der Waals surface area contributed by atoms with E-state index in [0.717, 1.165) is 39.7 Å². The fourth-order valence-electron chi connectivity index (χ4n) is 2.39.